The Morgan fingerprint density at radius 3 is 2.52 bits per heavy atom. The first-order valence-corrected chi connectivity index (χ1v) is 9.44. The van der Waals surface area contributed by atoms with E-state index in [1.165, 1.54) is 36.0 Å². The Bertz CT molecular complexity index is 1010. The summed E-state index contributed by atoms with van der Waals surface area (Å²) in [5.74, 6) is -0.994. The van der Waals surface area contributed by atoms with Crippen LogP contribution in [0.15, 0.2) is 42.7 Å². The number of benzene rings is 2. The van der Waals surface area contributed by atoms with Crippen molar-refractivity contribution in [3.63, 3.8) is 0 Å². The molecule has 8 heteroatoms. The van der Waals surface area contributed by atoms with Crippen LogP contribution in [0.2, 0.25) is 0 Å². The third-order valence-electron chi connectivity index (χ3n) is 5.01. The van der Waals surface area contributed by atoms with Gasteiger partial charge in [0.25, 0.3) is 0 Å². The van der Waals surface area contributed by atoms with Gasteiger partial charge in [0.05, 0.1) is 12.3 Å². The van der Waals surface area contributed by atoms with Gasteiger partial charge in [0.1, 0.15) is 18.0 Å². The van der Waals surface area contributed by atoms with E-state index >= 15 is 0 Å². The molecule has 0 amide bonds. The zero-order chi connectivity index (χ0) is 20.4. The van der Waals surface area contributed by atoms with Crippen molar-refractivity contribution in [2.45, 2.75) is 19.8 Å². The molecule has 2 aromatic carbocycles. The Morgan fingerprint density at radius 1 is 1.10 bits per heavy atom. The van der Waals surface area contributed by atoms with Crippen molar-refractivity contribution in [3.8, 4) is 5.69 Å². The van der Waals surface area contributed by atoms with Gasteiger partial charge >= 0.3 is 0 Å². The Labute approximate surface area is 170 Å². The summed E-state index contributed by atoms with van der Waals surface area (Å²) in [6, 6.07) is 9.26. The number of rotatable bonds is 8. The molecule has 1 aliphatic rings. The molecule has 6 nitrogen and oxygen atoms in total. The van der Waals surface area contributed by atoms with Gasteiger partial charge in [-0.05, 0) is 55.7 Å². The van der Waals surface area contributed by atoms with E-state index in [1.54, 1.807) is 7.11 Å². The number of methoxy groups -OCH3 is 1. The van der Waals surface area contributed by atoms with Crippen LogP contribution in [-0.4, -0.2) is 35.0 Å². The van der Waals surface area contributed by atoms with Crippen LogP contribution in [-0.2, 0) is 4.74 Å². The first kappa shape index (κ1) is 19.3. The molecule has 0 saturated heterocycles. The van der Waals surface area contributed by atoms with E-state index in [1.807, 2.05) is 19.1 Å². The standard InChI is InChI=1S/C21H23F2N5O.2H2/c1-14-5-17(24-11-21(3-4-21)12-29-2)10-18(6-14)26-20-25-13-28(27-20)19-8-15(22)7-16(23)9-19;;/h5-10,13,24H,3-4,11-12H2,1-2H3,(H,26,27);2*1H. The zero-order valence-electron chi connectivity index (χ0n) is 16.4. The van der Waals surface area contributed by atoms with Crippen LogP contribution < -0.4 is 10.6 Å². The third kappa shape index (κ3) is 4.71. The number of hydrogen-bond donors (Lipinski definition) is 2. The van der Waals surface area contributed by atoms with Crippen LogP contribution in [0.5, 0.6) is 0 Å². The van der Waals surface area contributed by atoms with Gasteiger partial charge < -0.3 is 15.4 Å². The van der Waals surface area contributed by atoms with Crippen molar-refractivity contribution in [3.05, 3.63) is 59.9 Å². The maximum absolute atomic E-state index is 13.4. The van der Waals surface area contributed by atoms with E-state index in [4.69, 9.17) is 4.74 Å². The van der Waals surface area contributed by atoms with Crippen LogP contribution in [0.4, 0.5) is 26.1 Å². The van der Waals surface area contributed by atoms with Gasteiger partial charge in [-0.1, -0.05) is 0 Å². The average molecular weight is 403 g/mol. The Morgan fingerprint density at radius 2 is 1.83 bits per heavy atom. The van der Waals surface area contributed by atoms with E-state index in [9.17, 15) is 8.78 Å². The Balaban J connectivity index is 0.00000171. The molecule has 0 bridgehead atoms. The highest BCUT2D eigenvalue weighted by atomic mass is 19.1. The van der Waals surface area contributed by atoms with Crippen LogP contribution in [0.3, 0.4) is 0 Å². The number of halogens is 2. The van der Waals surface area contributed by atoms with Crippen LogP contribution in [0.1, 0.15) is 21.3 Å². The maximum atomic E-state index is 13.4. The fraction of sp³-hybridized carbons (Fsp3) is 0.333. The summed E-state index contributed by atoms with van der Waals surface area (Å²) >= 11 is 0. The summed E-state index contributed by atoms with van der Waals surface area (Å²) in [4.78, 5) is 4.19. The largest absolute Gasteiger partial charge is 0.384 e. The average Bonchev–Trinajstić information content (AvgIpc) is 3.26. The van der Waals surface area contributed by atoms with Crippen molar-refractivity contribution < 1.29 is 16.4 Å². The maximum Gasteiger partial charge on any atom is 0.246 e. The molecule has 3 aromatic rings. The van der Waals surface area contributed by atoms with E-state index in [0.717, 1.165) is 36.2 Å². The summed E-state index contributed by atoms with van der Waals surface area (Å²) in [5, 5.41) is 10.9. The van der Waals surface area contributed by atoms with Gasteiger partial charge in [-0.2, -0.15) is 4.98 Å². The quantitative estimate of drug-likeness (QED) is 0.558. The SMILES string of the molecule is COCC1(CNc2cc(C)cc(Nc3ncn(-c4cc(F)cc(F)c4)n3)c2)CC1.[HH].[HH]. The highest BCUT2D eigenvalue weighted by Gasteiger charge is 2.42. The summed E-state index contributed by atoms with van der Waals surface area (Å²) in [7, 11) is 1.74. The first-order valence-electron chi connectivity index (χ1n) is 9.44. The van der Waals surface area contributed by atoms with E-state index in [2.05, 4.69) is 26.8 Å². The number of anilines is 3. The molecule has 1 aromatic heterocycles. The molecule has 0 spiro atoms. The molecule has 0 atom stereocenters. The summed E-state index contributed by atoms with van der Waals surface area (Å²) < 4.78 is 33.5. The lowest BCUT2D eigenvalue weighted by Crippen LogP contribution is -2.20. The predicted molar refractivity (Wildman–Crippen MR) is 112 cm³/mol. The fourth-order valence-electron chi connectivity index (χ4n) is 3.35. The van der Waals surface area contributed by atoms with Gasteiger partial charge in [-0.15, -0.1) is 5.10 Å². The number of nitrogens with one attached hydrogen (secondary N) is 2. The molecule has 1 aliphatic carbocycles. The second-order valence-corrected chi connectivity index (χ2v) is 7.64. The molecular weight excluding hydrogens is 376 g/mol. The Hall–Kier alpha value is -3.00. The lowest BCUT2D eigenvalue weighted by atomic mass is 10.1. The molecule has 156 valence electrons. The summed E-state index contributed by atoms with van der Waals surface area (Å²) in [6.45, 7) is 3.64. The number of nitrogens with zero attached hydrogens (tertiary/aromatic N) is 3. The summed E-state index contributed by atoms with van der Waals surface area (Å²) in [5.41, 5.74) is 3.42. The van der Waals surface area contributed by atoms with Gasteiger partial charge in [0, 0.05) is 39.4 Å². The minimum absolute atomic E-state index is 0. The predicted octanol–water partition coefficient (Wildman–Crippen LogP) is 4.93. The number of aromatic nitrogens is 3. The van der Waals surface area contributed by atoms with E-state index < -0.39 is 11.6 Å². The molecule has 29 heavy (non-hydrogen) atoms. The van der Waals surface area contributed by atoms with Crippen molar-refractivity contribution in [2.75, 3.05) is 30.9 Å². The minimum Gasteiger partial charge on any atom is -0.384 e. The highest BCUT2D eigenvalue weighted by molar-refractivity contribution is 5.63. The topological polar surface area (TPSA) is 64.0 Å². The van der Waals surface area contributed by atoms with Crippen molar-refractivity contribution in [1.82, 2.24) is 14.8 Å². The van der Waals surface area contributed by atoms with Crippen molar-refractivity contribution in [2.24, 2.45) is 5.41 Å². The van der Waals surface area contributed by atoms with Gasteiger partial charge in [0.15, 0.2) is 0 Å². The molecule has 1 saturated carbocycles. The number of hydrogen-bond acceptors (Lipinski definition) is 5. The van der Waals surface area contributed by atoms with Crippen molar-refractivity contribution in [1.29, 1.82) is 0 Å². The lowest BCUT2D eigenvalue weighted by molar-refractivity contribution is 0.147. The minimum atomic E-state index is -0.665. The molecule has 2 N–H and O–H groups in total. The van der Waals surface area contributed by atoms with Gasteiger partial charge in [-0.25, -0.2) is 13.5 Å². The lowest BCUT2D eigenvalue weighted by Gasteiger charge is -2.17. The van der Waals surface area contributed by atoms with E-state index in [0.29, 0.717) is 5.95 Å². The molecular formula is C21H27F2N5O. The van der Waals surface area contributed by atoms with Crippen molar-refractivity contribution >= 4 is 17.3 Å². The molecule has 0 radical (unpaired) electrons. The third-order valence-corrected chi connectivity index (χ3v) is 5.01. The first-order chi connectivity index (χ1) is 13.9. The fourth-order valence-corrected chi connectivity index (χ4v) is 3.35. The molecule has 1 fully saturated rings. The molecule has 0 unspecified atom stereocenters. The highest BCUT2D eigenvalue weighted by Crippen LogP contribution is 2.45. The Kier molecular flexibility index (Phi) is 5.19. The smallest absolute Gasteiger partial charge is 0.246 e. The molecule has 4 rings (SSSR count). The van der Waals surface area contributed by atoms with Gasteiger partial charge in [-0.3, -0.25) is 0 Å². The van der Waals surface area contributed by atoms with Crippen LogP contribution in [0, 0.1) is 24.0 Å². The molecule has 0 aliphatic heterocycles. The van der Waals surface area contributed by atoms with E-state index in [-0.39, 0.29) is 14.0 Å². The second-order valence-electron chi connectivity index (χ2n) is 7.64. The normalized spacial score (nSPS) is 14.6. The number of ether oxygens (including phenoxy) is 1. The molecule has 1 heterocycles. The van der Waals surface area contributed by atoms with Crippen LogP contribution in [0.25, 0.3) is 5.69 Å². The second kappa shape index (κ2) is 7.79. The van der Waals surface area contributed by atoms with Gasteiger partial charge in [0.2, 0.25) is 5.95 Å². The number of aryl methyl sites for hydroxylation is 1. The zero-order valence-corrected chi connectivity index (χ0v) is 16.4. The van der Waals surface area contributed by atoms with Crippen LogP contribution >= 0.6 is 0 Å². The summed E-state index contributed by atoms with van der Waals surface area (Å²) in [6.07, 6.45) is 3.76. The monoisotopic (exact) mass is 403 g/mol.